The van der Waals surface area contributed by atoms with Gasteiger partial charge in [0.05, 0.1) is 11.0 Å². The average Bonchev–Trinajstić information content (AvgIpc) is 2.61. The number of nitrogens with one attached hydrogen (secondary N) is 1. The fourth-order valence-corrected chi connectivity index (χ4v) is 2.89. The van der Waals surface area contributed by atoms with Crippen molar-refractivity contribution in [2.75, 3.05) is 39.6 Å². The molecular weight excluding hydrogens is 344 g/mol. The number of nitro benzene ring substituents is 1. The molecule has 0 aliphatic carbocycles. The fourth-order valence-electron chi connectivity index (χ4n) is 2.89. The summed E-state index contributed by atoms with van der Waals surface area (Å²) in [5, 5.41) is 13.8. The van der Waals surface area contributed by atoms with E-state index in [9.17, 15) is 14.9 Å². The Kier molecular flexibility index (Phi) is 6.52. The van der Waals surface area contributed by atoms with Crippen molar-refractivity contribution in [3.05, 3.63) is 69.3 Å². The van der Waals surface area contributed by atoms with Gasteiger partial charge < -0.3 is 15.1 Å². The van der Waals surface area contributed by atoms with Gasteiger partial charge in [-0.2, -0.15) is 0 Å². The zero-order valence-electron chi connectivity index (χ0n) is 16.4. The Labute approximate surface area is 159 Å². The van der Waals surface area contributed by atoms with Gasteiger partial charge in [0.25, 0.3) is 11.6 Å². The van der Waals surface area contributed by atoms with Crippen LogP contribution in [0, 0.1) is 17.0 Å². The number of nitro groups is 1. The van der Waals surface area contributed by atoms with Crippen molar-refractivity contribution in [3.8, 4) is 0 Å². The molecule has 2 aromatic rings. The number of aryl methyl sites for hydroxylation is 1. The maximum atomic E-state index is 12.5. The molecule has 2 aromatic carbocycles. The summed E-state index contributed by atoms with van der Waals surface area (Å²) in [4.78, 5) is 27.0. The summed E-state index contributed by atoms with van der Waals surface area (Å²) in [7, 11) is 7.91. The van der Waals surface area contributed by atoms with E-state index in [0.717, 1.165) is 11.3 Å². The number of hydrogen-bond donors (Lipinski definition) is 1. The van der Waals surface area contributed by atoms with Crippen molar-refractivity contribution in [1.82, 2.24) is 10.2 Å². The van der Waals surface area contributed by atoms with E-state index in [4.69, 9.17) is 0 Å². The molecule has 0 bridgehead atoms. The van der Waals surface area contributed by atoms with Crippen LogP contribution in [0.4, 0.5) is 11.4 Å². The van der Waals surface area contributed by atoms with Crippen LogP contribution in [0.1, 0.15) is 27.5 Å². The lowest BCUT2D eigenvalue weighted by Gasteiger charge is -2.26. The van der Waals surface area contributed by atoms with Crippen molar-refractivity contribution >= 4 is 17.3 Å². The van der Waals surface area contributed by atoms with Crippen LogP contribution in [0.3, 0.4) is 0 Å². The summed E-state index contributed by atoms with van der Waals surface area (Å²) in [6, 6.07) is 12.6. The molecule has 0 heterocycles. The van der Waals surface area contributed by atoms with Crippen LogP contribution in [0.5, 0.6) is 0 Å². The number of anilines is 1. The second kappa shape index (κ2) is 8.64. The molecule has 1 N–H and O–H groups in total. The Bertz CT molecular complexity index is 816. The highest BCUT2D eigenvalue weighted by Crippen LogP contribution is 2.22. The van der Waals surface area contributed by atoms with Gasteiger partial charge in [-0.3, -0.25) is 14.9 Å². The summed E-state index contributed by atoms with van der Waals surface area (Å²) < 4.78 is 0. The molecule has 2 rings (SSSR count). The van der Waals surface area contributed by atoms with Crippen LogP contribution in [0.15, 0.2) is 42.5 Å². The molecule has 144 valence electrons. The van der Waals surface area contributed by atoms with E-state index < -0.39 is 4.92 Å². The van der Waals surface area contributed by atoms with Gasteiger partial charge >= 0.3 is 0 Å². The molecule has 0 aliphatic heterocycles. The molecule has 0 fully saturated rings. The van der Waals surface area contributed by atoms with Crippen LogP contribution in [0.2, 0.25) is 0 Å². The van der Waals surface area contributed by atoms with Gasteiger partial charge in [0, 0.05) is 43.5 Å². The first-order valence-corrected chi connectivity index (χ1v) is 8.67. The summed E-state index contributed by atoms with van der Waals surface area (Å²) in [5.41, 5.74) is 3.11. The van der Waals surface area contributed by atoms with Crippen LogP contribution < -0.4 is 10.2 Å². The second-order valence-electron chi connectivity index (χ2n) is 6.93. The first-order valence-electron chi connectivity index (χ1n) is 8.67. The summed E-state index contributed by atoms with van der Waals surface area (Å²) >= 11 is 0. The highest BCUT2D eigenvalue weighted by Gasteiger charge is 2.18. The van der Waals surface area contributed by atoms with Gasteiger partial charge in [0.15, 0.2) is 0 Å². The molecule has 0 saturated heterocycles. The van der Waals surface area contributed by atoms with E-state index in [1.807, 2.05) is 50.1 Å². The standard InChI is InChI=1S/C20H26N4O3/c1-14-12-16(8-11-18(14)24(26)27)20(25)21-13-19(23(4)5)15-6-9-17(10-7-15)22(2)3/h6-12,19H,13H2,1-5H3,(H,21,25)/t19-/m0/s1. The lowest BCUT2D eigenvalue weighted by molar-refractivity contribution is -0.385. The third-order valence-electron chi connectivity index (χ3n) is 4.53. The topological polar surface area (TPSA) is 78.7 Å². The molecule has 0 aliphatic rings. The molecule has 1 atom stereocenters. The molecule has 0 spiro atoms. The molecule has 7 heteroatoms. The van der Waals surface area contributed by atoms with E-state index in [0.29, 0.717) is 17.7 Å². The van der Waals surface area contributed by atoms with E-state index in [1.165, 1.54) is 12.1 Å². The number of carbonyl (C=O) groups is 1. The van der Waals surface area contributed by atoms with E-state index >= 15 is 0 Å². The Morgan fingerprint density at radius 3 is 2.22 bits per heavy atom. The number of likely N-dealkylation sites (N-methyl/N-ethyl adjacent to an activating group) is 1. The minimum atomic E-state index is -0.448. The number of hydrogen-bond acceptors (Lipinski definition) is 5. The smallest absolute Gasteiger partial charge is 0.272 e. The molecule has 7 nitrogen and oxygen atoms in total. The third-order valence-corrected chi connectivity index (χ3v) is 4.53. The van der Waals surface area contributed by atoms with Gasteiger partial charge in [-0.1, -0.05) is 12.1 Å². The first kappa shape index (κ1) is 20.4. The van der Waals surface area contributed by atoms with Gasteiger partial charge in [0.2, 0.25) is 0 Å². The van der Waals surface area contributed by atoms with Crippen molar-refractivity contribution in [2.24, 2.45) is 0 Å². The Hall–Kier alpha value is -2.93. The van der Waals surface area contributed by atoms with Gasteiger partial charge in [0.1, 0.15) is 0 Å². The maximum Gasteiger partial charge on any atom is 0.272 e. The van der Waals surface area contributed by atoms with Crippen LogP contribution in [-0.2, 0) is 0 Å². The Balaban J connectivity index is 2.10. The van der Waals surface area contributed by atoms with Crippen molar-refractivity contribution in [3.63, 3.8) is 0 Å². The minimum Gasteiger partial charge on any atom is -0.378 e. The van der Waals surface area contributed by atoms with Crippen LogP contribution in [0.25, 0.3) is 0 Å². The first-order chi connectivity index (χ1) is 12.7. The third kappa shape index (κ3) is 5.04. The van der Waals surface area contributed by atoms with Crippen molar-refractivity contribution < 1.29 is 9.72 Å². The number of amides is 1. The van der Waals surface area contributed by atoms with Crippen molar-refractivity contribution in [2.45, 2.75) is 13.0 Å². The van der Waals surface area contributed by atoms with Gasteiger partial charge in [-0.25, -0.2) is 0 Å². The zero-order chi connectivity index (χ0) is 20.1. The van der Waals surface area contributed by atoms with Crippen LogP contribution >= 0.6 is 0 Å². The molecular formula is C20H26N4O3. The second-order valence-corrected chi connectivity index (χ2v) is 6.93. The average molecular weight is 370 g/mol. The maximum absolute atomic E-state index is 12.5. The zero-order valence-corrected chi connectivity index (χ0v) is 16.4. The van der Waals surface area contributed by atoms with E-state index in [-0.39, 0.29) is 17.6 Å². The molecule has 0 radical (unpaired) electrons. The lowest BCUT2D eigenvalue weighted by Crippen LogP contribution is -2.34. The SMILES string of the molecule is Cc1cc(C(=O)NC[C@@H](c2ccc(N(C)C)cc2)N(C)C)ccc1[N+](=O)[O-]. The summed E-state index contributed by atoms with van der Waals surface area (Å²) in [5.74, 6) is -0.246. The minimum absolute atomic E-state index is 0.0127. The van der Waals surface area contributed by atoms with E-state index in [1.54, 1.807) is 13.0 Å². The van der Waals surface area contributed by atoms with Crippen molar-refractivity contribution in [1.29, 1.82) is 0 Å². The monoisotopic (exact) mass is 370 g/mol. The Morgan fingerprint density at radius 2 is 1.74 bits per heavy atom. The molecule has 27 heavy (non-hydrogen) atoms. The highest BCUT2D eigenvalue weighted by molar-refractivity contribution is 5.94. The van der Waals surface area contributed by atoms with Gasteiger partial charge in [-0.15, -0.1) is 0 Å². The fraction of sp³-hybridized carbons (Fsp3) is 0.350. The van der Waals surface area contributed by atoms with Gasteiger partial charge in [-0.05, 0) is 50.8 Å². The predicted molar refractivity (Wildman–Crippen MR) is 107 cm³/mol. The largest absolute Gasteiger partial charge is 0.378 e. The number of carbonyl (C=O) groups excluding carboxylic acids is 1. The van der Waals surface area contributed by atoms with Crippen LogP contribution in [-0.4, -0.2) is 50.5 Å². The Morgan fingerprint density at radius 1 is 1.11 bits per heavy atom. The highest BCUT2D eigenvalue weighted by atomic mass is 16.6. The number of nitrogens with zero attached hydrogens (tertiary/aromatic N) is 3. The lowest BCUT2D eigenvalue weighted by atomic mass is 10.0. The quantitative estimate of drug-likeness (QED) is 0.599. The molecule has 1 amide bonds. The molecule has 0 saturated carbocycles. The number of benzene rings is 2. The normalized spacial score (nSPS) is 11.9. The summed E-state index contributed by atoms with van der Waals surface area (Å²) in [6.07, 6.45) is 0. The van der Waals surface area contributed by atoms with E-state index in [2.05, 4.69) is 17.4 Å². The predicted octanol–water partition coefficient (Wildman–Crippen LogP) is 3.00. The summed E-state index contributed by atoms with van der Waals surface area (Å²) in [6.45, 7) is 2.06. The molecule has 0 aromatic heterocycles. The number of rotatable bonds is 7. The molecule has 0 unspecified atom stereocenters.